The average molecular weight is 315 g/mol. The molecule has 0 radical (unpaired) electrons. The van der Waals surface area contributed by atoms with Crippen LogP contribution < -0.4 is 10.6 Å². The zero-order chi connectivity index (χ0) is 16.2. The van der Waals surface area contributed by atoms with Crippen molar-refractivity contribution >= 4 is 11.8 Å². The van der Waals surface area contributed by atoms with Gasteiger partial charge >= 0.3 is 0 Å². The zero-order valence-corrected chi connectivity index (χ0v) is 13.7. The highest BCUT2D eigenvalue weighted by Crippen LogP contribution is 2.22. The van der Waals surface area contributed by atoms with Crippen LogP contribution in [-0.2, 0) is 16.1 Å². The Morgan fingerprint density at radius 3 is 2.78 bits per heavy atom. The lowest BCUT2D eigenvalue weighted by Crippen LogP contribution is -2.51. The van der Waals surface area contributed by atoms with Crippen LogP contribution in [0.4, 0.5) is 0 Å². The highest BCUT2D eigenvalue weighted by Gasteiger charge is 2.36. The fraction of sp³-hybridized carbons (Fsp3) is 0.556. The molecule has 1 aromatic rings. The molecule has 5 nitrogen and oxygen atoms in total. The highest BCUT2D eigenvalue weighted by atomic mass is 16.2. The molecule has 2 fully saturated rings. The summed E-state index contributed by atoms with van der Waals surface area (Å²) in [5, 5.41) is 6.41. The molecule has 0 spiro atoms. The molecule has 0 aromatic heterocycles. The van der Waals surface area contributed by atoms with E-state index in [4.69, 9.17) is 0 Å². The molecule has 5 heteroatoms. The smallest absolute Gasteiger partial charge is 0.243 e. The molecule has 2 N–H and O–H groups in total. The first kappa shape index (κ1) is 16.0. The maximum Gasteiger partial charge on any atom is 0.243 e. The summed E-state index contributed by atoms with van der Waals surface area (Å²) in [7, 11) is 0. The maximum atomic E-state index is 12.6. The van der Waals surface area contributed by atoms with Gasteiger partial charge in [-0.1, -0.05) is 29.8 Å². The Labute approximate surface area is 137 Å². The lowest BCUT2D eigenvalue weighted by molar-refractivity contribution is -0.136. The quantitative estimate of drug-likeness (QED) is 0.882. The second-order valence-electron chi connectivity index (χ2n) is 6.61. The first-order valence-electron chi connectivity index (χ1n) is 8.49. The molecule has 2 aliphatic rings. The van der Waals surface area contributed by atoms with Gasteiger partial charge < -0.3 is 15.5 Å². The van der Waals surface area contributed by atoms with Crippen molar-refractivity contribution in [3.05, 3.63) is 35.4 Å². The Morgan fingerprint density at radius 1 is 1.30 bits per heavy atom. The number of benzene rings is 1. The lowest BCUT2D eigenvalue weighted by atomic mass is 10.1. The number of nitrogens with zero attached hydrogens (tertiary/aromatic N) is 1. The van der Waals surface area contributed by atoms with Crippen LogP contribution in [0, 0.1) is 6.92 Å². The molecule has 0 bridgehead atoms. The van der Waals surface area contributed by atoms with Gasteiger partial charge in [0, 0.05) is 25.6 Å². The summed E-state index contributed by atoms with van der Waals surface area (Å²) in [5.41, 5.74) is 2.27. The van der Waals surface area contributed by atoms with Gasteiger partial charge in [0.1, 0.15) is 6.04 Å². The van der Waals surface area contributed by atoms with Gasteiger partial charge in [0.15, 0.2) is 0 Å². The fourth-order valence-electron chi connectivity index (χ4n) is 3.37. The van der Waals surface area contributed by atoms with Crippen LogP contribution in [0.15, 0.2) is 24.3 Å². The second kappa shape index (κ2) is 7.13. The fourth-order valence-corrected chi connectivity index (χ4v) is 3.37. The summed E-state index contributed by atoms with van der Waals surface area (Å²) in [6, 6.07) is 8.00. The van der Waals surface area contributed by atoms with Gasteiger partial charge in [-0.15, -0.1) is 0 Å². The van der Waals surface area contributed by atoms with Crippen molar-refractivity contribution in [3.63, 3.8) is 0 Å². The van der Waals surface area contributed by atoms with Gasteiger partial charge in [0.25, 0.3) is 0 Å². The first-order chi connectivity index (χ1) is 11.1. The largest absolute Gasteiger partial charge is 0.350 e. The van der Waals surface area contributed by atoms with Crippen molar-refractivity contribution in [1.29, 1.82) is 0 Å². The molecule has 2 saturated heterocycles. The van der Waals surface area contributed by atoms with Crippen LogP contribution in [-0.4, -0.2) is 41.9 Å². The normalized spacial score (nSPS) is 24.7. The van der Waals surface area contributed by atoms with E-state index in [0.29, 0.717) is 19.4 Å². The minimum absolute atomic E-state index is 0.00309. The monoisotopic (exact) mass is 315 g/mol. The summed E-state index contributed by atoms with van der Waals surface area (Å²) >= 11 is 0. The predicted octanol–water partition coefficient (Wildman–Crippen LogP) is 1.35. The molecule has 2 atom stereocenters. The molecule has 0 saturated carbocycles. The van der Waals surface area contributed by atoms with Crippen LogP contribution in [0.1, 0.15) is 36.8 Å². The number of nitrogens with one attached hydrogen (secondary N) is 2. The van der Waals surface area contributed by atoms with Crippen molar-refractivity contribution in [3.8, 4) is 0 Å². The molecule has 1 aromatic carbocycles. The number of hydrogen-bond donors (Lipinski definition) is 2. The van der Waals surface area contributed by atoms with Crippen LogP contribution >= 0.6 is 0 Å². The number of aryl methyl sites for hydroxylation is 1. The van der Waals surface area contributed by atoms with Gasteiger partial charge in [-0.05, 0) is 38.3 Å². The van der Waals surface area contributed by atoms with Gasteiger partial charge in [-0.2, -0.15) is 0 Å². The third-order valence-corrected chi connectivity index (χ3v) is 4.75. The van der Waals surface area contributed by atoms with E-state index in [2.05, 4.69) is 10.6 Å². The van der Waals surface area contributed by atoms with E-state index >= 15 is 0 Å². The van der Waals surface area contributed by atoms with Crippen molar-refractivity contribution in [1.82, 2.24) is 15.5 Å². The molecule has 124 valence electrons. The van der Waals surface area contributed by atoms with Gasteiger partial charge in [-0.25, -0.2) is 0 Å². The number of hydrogen-bond acceptors (Lipinski definition) is 3. The molecule has 23 heavy (non-hydrogen) atoms. The molecule has 2 aliphatic heterocycles. The van der Waals surface area contributed by atoms with E-state index in [1.165, 1.54) is 5.56 Å². The van der Waals surface area contributed by atoms with E-state index < -0.39 is 0 Å². The Kier molecular flexibility index (Phi) is 4.96. The summed E-state index contributed by atoms with van der Waals surface area (Å²) in [5.74, 6) is 0.0733. The second-order valence-corrected chi connectivity index (χ2v) is 6.61. The number of amides is 2. The minimum Gasteiger partial charge on any atom is -0.350 e. The predicted molar refractivity (Wildman–Crippen MR) is 88.8 cm³/mol. The summed E-state index contributed by atoms with van der Waals surface area (Å²) < 4.78 is 0. The number of likely N-dealkylation sites (tertiary alicyclic amines) is 1. The Bertz CT molecular complexity index is 564. The van der Waals surface area contributed by atoms with E-state index in [1.54, 1.807) is 4.90 Å². The van der Waals surface area contributed by atoms with Crippen molar-refractivity contribution in [2.45, 2.75) is 51.2 Å². The summed E-state index contributed by atoms with van der Waals surface area (Å²) in [4.78, 5) is 26.5. The van der Waals surface area contributed by atoms with E-state index in [-0.39, 0.29) is 23.9 Å². The average Bonchev–Trinajstić information content (AvgIpc) is 2.92. The molecular formula is C18H25N3O2. The van der Waals surface area contributed by atoms with E-state index in [0.717, 1.165) is 31.5 Å². The summed E-state index contributed by atoms with van der Waals surface area (Å²) in [6.07, 6.45) is 3.18. The molecule has 1 unspecified atom stereocenters. The van der Waals surface area contributed by atoms with Gasteiger partial charge in [0.05, 0.1) is 0 Å². The Hall–Kier alpha value is -1.88. The summed E-state index contributed by atoms with van der Waals surface area (Å²) in [6.45, 7) is 4.40. The maximum absolute atomic E-state index is 12.6. The Morgan fingerprint density at radius 2 is 2.09 bits per heavy atom. The minimum atomic E-state index is -0.328. The lowest BCUT2D eigenvalue weighted by Gasteiger charge is -2.28. The van der Waals surface area contributed by atoms with Gasteiger partial charge in [-0.3, -0.25) is 9.59 Å². The van der Waals surface area contributed by atoms with Crippen LogP contribution in [0.25, 0.3) is 0 Å². The number of rotatable bonds is 4. The topological polar surface area (TPSA) is 61.4 Å². The van der Waals surface area contributed by atoms with E-state index in [9.17, 15) is 9.59 Å². The molecular weight excluding hydrogens is 290 g/mol. The molecule has 2 amide bonds. The van der Waals surface area contributed by atoms with Crippen molar-refractivity contribution < 1.29 is 9.59 Å². The number of carbonyl (C=O) groups is 2. The highest BCUT2D eigenvalue weighted by molar-refractivity contribution is 5.91. The van der Waals surface area contributed by atoms with Crippen LogP contribution in [0.5, 0.6) is 0 Å². The van der Waals surface area contributed by atoms with Crippen LogP contribution in [0.2, 0.25) is 0 Å². The van der Waals surface area contributed by atoms with E-state index in [1.807, 2.05) is 31.2 Å². The standard InChI is InChI=1S/C18H25N3O2/c1-13-4-6-14(7-5-13)12-21-16(8-9-17(21)22)18(23)20-15-3-2-10-19-11-15/h4-7,15-16,19H,2-3,8-12H2,1H3,(H,20,23)/t15-,16?/m0/s1. The van der Waals surface area contributed by atoms with Crippen LogP contribution in [0.3, 0.4) is 0 Å². The Balaban J connectivity index is 1.64. The van der Waals surface area contributed by atoms with Crippen molar-refractivity contribution in [2.75, 3.05) is 13.1 Å². The third kappa shape index (κ3) is 3.91. The zero-order valence-electron chi connectivity index (χ0n) is 13.7. The molecule has 3 rings (SSSR count). The first-order valence-corrected chi connectivity index (χ1v) is 8.49. The molecule has 2 heterocycles. The SMILES string of the molecule is Cc1ccc(CN2C(=O)CCC2C(=O)N[C@H]2CCCNC2)cc1. The van der Waals surface area contributed by atoms with Crippen molar-refractivity contribution in [2.24, 2.45) is 0 Å². The molecule has 0 aliphatic carbocycles. The number of carbonyl (C=O) groups excluding carboxylic acids is 2. The third-order valence-electron chi connectivity index (χ3n) is 4.75. The number of piperidine rings is 1. The van der Waals surface area contributed by atoms with Gasteiger partial charge in [0.2, 0.25) is 11.8 Å².